The number of fused-ring (bicyclic) bond motifs is 1. The van der Waals surface area contributed by atoms with Gasteiger partial charge in [0, 0.05) is 5.39 Å². The van der Waals surface area contributed by atoms with Crippen LogP contribution in [0, 0.1) is 27.9 Å². The van der Waals surface area contributed by atoms with Crippen LogP contribution in [0.3, 0.4) is 0 Å². The molecule has 4 aliphatic rings. The lowest BCUT2D eigenvalue weighted by Gasteiger charge is -2.56. The number of alkyl halides is 2. The SMILES string of the molecule is NC(=O)c1sc2nc(C(F)F)cc(-c3ccccc3)c2c1NC(=O)c1nn(C23CC4CC(CC(C4)C2)C3)cc1[N+](=O)[O-]. The van der Waals surface area contributed by atoms with Gasteiger partial charge in [-0.2, -0.15) is 5.10 Å². The van der Waals surface area contributed by atoms with E-state index in [4.69, 9.17) is 5.73 Å². The van der Waals surface area contributed by atoms with Crippen LogP contribution in [0.1, 0.15) is 70.8 Å². The smallest absolute Gasteiger partial charge is 0.320 e. The zero-order valence-corrected chi connectivity index (χ0v) is 23.1. The molecule has 4 aromatic rings. The Balaban J connectivity index is 1.34. The Bertz CT molecular complexity index is 1730. The number of anilines is 1. The number of nitrogens with two attached hydrogens (primary N) is 1. The maximum atomic E-state index is 13.8. The van der Waals surface area contributed by atoms with E-state index < -0.39 is 34.5 Å². The van der Waals surface area contributed by atoms with E-state index in [0.29, 0.717) is 28.9 Å². The number of thiophene rings is 1. The zero-order chi connectivity index (χ0) is 29.3. The third-order valence-corrected chi connectivity index (χ3v) is 10.1. The molecule has 4 saturated carbocycles. The predicted molar refractivity (Wildman–Crippen MR) is 152 cm³/mol. The van der Waals surface area contributed by atoms with E-state index in [2.05, 4.69) is 15.4 Å². The Morgan fingerprint density at radius 3 is 2.33 bits per heavy atom. The van der Waals surface area contributed by atoms with Gasteiger partial charge < -0.3 is 11.1 Å². The molecule has 13 heteroatoms. The number of carbonyl (C=O) groups excluding carboxylic acids is 2. The Morgan fingerprint density at radius 2 is 1.76 bits per heavy atom. The molecule has 0 aliphatic heterocycles. The van der Waals surface area contributed by atoms with Crippen LogP contribution < -0.4 is 11.1 Å². The van der Waals surface area contributed by atoms with Crippen LogP contribution >= 0.6 is 11.3 Å². The number of carbonyl (C=O) groups is 2. The number of aromatic nitrogens is 3. The Morgan fingerprint density at radius 1 is 1.12 bits per heavy atom. The van der Waals surface area contributed by atoms with Crippen LogP contribution in [0.15, 0.2) is 42.6 Å². The van der Waals surface area contributed by atoms with Gasteiger partial charge in [0.25, 0.3) is 18.2 Å². The van der Waals surface area contributed by atoms with E-state index in [0.717, 1.165) is 30.6 Å². The van der Waals surface area contributed by atoms with Gasteiger partial charge in [-0.25, -0.2) is 13.8 Å². The number of pyridine rings is 1. The van der Waals surface area contributed by atoms with Crippen LogP contribution in [0.5, 0.6) is 0 Å². The molecule has 8 rings (SSSR count). The van der Waals surface area contributed by atoms with Gasteiger partial charge in [-0.15, -0.1) is 11.3 Å². The average molecular weight is 593 g/mol. The molecule has 1 aromatic carbocycles. The van der Waals surface area contributed by atoms with Gasteiger partial charge in [0.1, 0.15) is 21.6 Å². The molecule has 216 valence electrons. The molecule has 0 radical (unpaired) electrons. The maximum Gasteiger partial charge on any atom is 0.320 e. The molecular weight excluding hydrogens is 566 g/mol. The van der Waals surface area contributed by atoms with Gasteiger partial charge in [0.2, 0.25) is 5.69 Å². The minimum absolute atomic E-state index is 0.0432. The summed E-state index contributed by atoms with van der Waals surface area (Å²) in [4.78, 5) is 41.7. The number of hydrogen-bond donors (Lipinski definition) is 2. The average Bonchev–Trinajstić information content (AvgIpc) is 3.56. The highest BCUT2D eigenvalue weighted by molar-refractivity contribution is 7.21. The van der Waals surface area contributed by atoms with Gasteiger partial charge in [-0.1, -0.05) is 30.3 Å². The first-order chi connectivity index (χ1) is 20.1. The van der Waals surface area contributed by atoms with Crippen LogP contribution in [-0.4, -0.2) is 31.5 Å². The van der Waals surface area contributed by atoms with Crippen molar-refractivity contribution in [3.05, 3.63) is 69.0 Å². The Hall–Kier alpha value is -4.26. The molecule has 0 spiro atoms. The monoisotopic (exact) mass is 592 g/mol. The fraction of sp³-hybridized carbons (Fsp3) is 0.379. The number of nitrogens with zero attached hydrogens (tertiary/aromatic N) is 4. The van der Waals surface area contributed by atoms with Crippen molar-refractivity contribution in [2.45, 2.75) is 50.5 Å². The molecule has 3 heterocycles. The van der Waals surface area contributed by atoms with Crippen molar-refractivity contribution in [2.75, 3.05) is 5.32 Å². The van der Waals surface area contributed by atoms with E-state index in [1.165, 1.54) is 31.5 Å². The largest absolute Gasteiger partial charge is 0.365 e. The lowest BCUT2D eigenvalue weighted by Crippen LogP contribution is -2.52. The normalized spacial score (nSPS) is 24.4. The molecule has 42 heavy (non-hydrogen) atoms. The standard InChI is InChI=1S/C29H26F2N6O4S/c30-25(31)19-9-18(17-4-2-1-3-5-17)21-23(24(26(32)38)42-28(21)33-19)34-27(39)22-20(37(40)41)13-36(35-22)29-10-14-6-15(11-29)8-16(7-14)12-29/h1-5,9,13-16,25H,6-8,10-12H2,(H2,32,38)(H,34,39). The number of primary amides is 1. The van der Waals surface area contributed by atoms with Gasteiger partial charge in [-0.3, -0.25) is 24.4 Å². The van der Waals surface area contributed by atoms with E-state index in [1.807, 2.05) is 0 Å². The molecule has 0 unspecified atom stereocenters. The second-order valence-corrected chi connectivity index (χ2v) is 12.8. The predicted octanol–water partition coefficient (Wildman–Crippen LogP) is 6.28. The highest BCUT2D eigenvalue weighted by Crippen LogP contribution is 2.59. The van der Waals surface area contributed by atoms with Crippen molar-refractivity contribution in [3.63, 3.8) is 0 Å². The summed E-state index contributed by atoms with van der Waals surface area (Å²) in [6.45, 7) is 0. The minimum atomic E-state index is -2.88. The fourth-order valence-corrected chi connectivity index (χ4v) is 8.80. The number of benzene rings is 1. The van der Waals surface area contributed by atoms with Crippen LogP contribution in [-0.2, 0) is 5.54 Å². The molecule has 4 bridgehead atoms. The van der Waals surface area contributed by atoms with Crippen molar-refractivity contribution in [3.8, 4) is 11.1 Å². The number of nitrogens with one attached hydrogen (secondary N) is 1. The molecule has 0 saturated heterocycles. The van der Waals surface area contributed by atoms with Gasteiger partial charge in [0.05, 0.1) is 16.1 Å². The van der Waals surface area contributed by atoms with Gasteiger partial charge >= 0.3 is 5.69 Å². The lowest BCUT2D eigenvalue weighted by molar-refractivity contribution is -0.385. The number of hydrogen-bond acceptors (Lipinski definition) is 7. The van der Waals surface area contributed by atoms with Crippen molar-refractivity contribution in [1.29, 1.82) is 0 Å². The molecule has 0 atom stereocenters. The third-order valence-electron chi connectivity index (χ3n) is 9.05. The summed E-state index contributed by atoms with van der Waals surface area (Å²) in [7, 11) is 0. The Kier molecular flexibility index (Phi) is 6.12. The third kappa shape index (κ3) is 4.25. The molecule has 4 aliphatic carbocycles. The number of nitro groups is 1. The first kappa shape index (κ1) is 26.6. The molecule has 3 N–H and O–H groups in total. The van der Waals surface area contributed by atoms with Crippen LogP contribution in [0.25, 0.3) is 21.3 Å². The van der Waals surface area contributed by atoms with Crippen LogP contribution in [0.4, 0.5) is 20.2 Å². The summed E-state index contributed by atoms with van der Waals surface area (Å²) < 4.78 is 29.2. The summed E-state index contributed by atoms with van der Waals surface area (Å²) in [5, 5.41) is 19.5. The fourth-order valence-electron chi connectivity index (χ4n) is 7.79. The van der Waals surface area contributed by atoms with Crippen molar-refractivity contribution >= 4 is 44.7 Å². The van der Waals surface area contributed by atoms with Gasteiger partial charge in [0.15, 0.2) is 0 Å². The quantitative estimate of drug-likeness (QED) is 0.191. The molecule has 4 fully saturated rings. The van der Waals surface area contributed by atoms with Crippen molar-refractivity contribution in [1.82, 2.24) is 14.8 Å². The Labute approximate surface area is 242 Å². The second kappa shape index (κ2) is 9.65. The highest BCUT2D eigenvalue weighted by Gasteiger charge is 2.53. The first-order valence-corrected chi connectivity index (χ1v) is 14.6. The van der Waals surface area contributed by atoms with E-state index in [9.17, 15) is 28.5 Å². The highest BCUT2D eigenvalue weighted by atomic mass is 32.1. The topological polar surface area (TPSA) is 146 Å². The molecular formula is C29H26F2N6O4S. The van der Waals surface area contributed by atoms with E-state index in [-0.39, 0.29) is 32.0 Å². The van der Waals surface area contributed by atoms with Crippen molar-refractivity contribution in [2.24, 2.45) is 23.5 Å². The summed E-state index contributed by atoms with van der Waals surface area (Å²) >= 11 is 0.771. The van der Waals surface area contributed by atoms with Crippen molar-refractivity contribution < 1.29 is 23.3 Å². The molecule has 2 amide bonds. The van der Waals surface area contributed by atoms with Gasteiger partial charge in [-0.05, 0) is 73.5 Å². The van der Waals surface area contributed by atoms with E-state index in [1.54, 1.807) is 35.0 Å². The summed E-state index contributed by atoms with van der Waals surface area (Å²) in [5.41, 5.74) is 4.78. The minimum Gasteiger partial charge on any atom is -0.365 e. The maximum absolute atomic E-state index is 13.8. The van der Waals surface area contributed by atoms with E-state index >= 15 is 0 Å². The first-order valence-electron chi connectivity index (χ1n) is 13.8. The second-order valence-electron chi connectivity index (χ2n) is 11.8. The van der Waals surface area contributed by atoms with Crippen LogP contribution in [0.2, 0.25) is 0 Å². The zero-order valence-electron chi connectivity index (χ0n) is 22.3. The summed E-state index contributed by atoms with van der Waals surface area (Å²) in [6.07, 6.45) is 4.60. The lowest BCUT2D eigenvalue weighted by atomic mass is 9.53. The molecule has 10 nitrogen and oxygen atoms in total. The summed E-state index contributed by atoms with van der Waals surface area (Å²) in [6, 6.07) is 9.83. The number of amides is 2. The number of rotatable bonds is 7. The number of halogens is 2. The summed E-state index contributed by atoms with van der Waals surface area (Å²) in [5.74, 6) is -0.152. The molecule has 3 aromatic heterocycles.